The zero-order valence-corrected chi connectivity index (χ0v) is 10.7. The Bertz CT molecular complexity index is 458. The minimum Gasteiger partial charge on any atom is -0.421 e. The molecule has 0 amide bonds. The van der Waals surface area contributed by atoms with E-state index in [0.717, 1.165) is 9.13 Å². The molecular formula is C10H8ClIN2O. The van der Waals surface area contributed by atoms with Crippen molar-refractivity contribution < 1.29 is 4.42 Å². The predicted octanol–water partition coefficient (Wildman–Crippen LogP) is 3.12. The Morgan fingerprint density at radius 3 is 2.80 bits per heavy atom. The first-order chi connectivity index (χ1) is 7.31. The van der Waals surface area contributed by atoms with Crippen LogP contribution in [-0.4, -0.2) is 16.1 Å². The van der Waals surface area contributed by atoms with Gasteiger partial charge in [-0.1, -0.05) is 12.1 Å². The summed E-state index contributed by atoms with van der Waals surface area (Å²) in [7, 11) is 0. The van der Waals surface area contributed by atoms with Crippen molar-refractivity contribution in [2.75, 3.05) is 5.88 Å². The van der Waals surface area contributed by atoms with Gasteiger partial charge in [0, 0.05) is 15.9 Å². The number of rotatable bonds is 3. The topological polar surface area (TPSA) is 38.9 Å². The van der Waals surface area contributed by atoms with Crippen LogP contribution in [0.5, 0.6) is 0 Å². The second-order valence-corrected chi connectivity index (χ2v) is 4.46. The fourth-order valence-corrected chi connectivity index (χ4v) is 1.96. The number of benzene rings is 1. The third kappa shape index (κ3) is 2.49. The number of hydrogen-bond donors (Lipinski definition) is 0. The van der Waals surface area contributed by atoms with Crippen LogP contribution in [0.2, 0.25) is 0 Å². The van der Waals surface area contributed by atoms with Crippen LogP contribution in [-0.2, 0) is 6.42 Å². The summed E-state index contributed by atoms with van der Waals surface area (Å²) in [6.45, 7) is 0. The molecule has 0 saturated heterocycles. The van der Waals surface area contributed by atoms with Crippen LogP contribution in [0.25, 0.3) is 11.5 Å². The second kappa shape index (κ2) is 4.94. The summed E-state index contributed by atoms with van der Waals surface area (Å²) >= 11 is 7.83. The van der Waals surface area contributed by atoms with Gasteiger partial charge in [0.15, 0.2) is 0 Å². The Morgan fingerprint density at radius 2 is 2.07 bits per heavy atom. The van der Waals surface area contributed by atoms with Crippen LogP contribution >= 0.6 is 34.2 Å². The summed E-state index contributed by atoms with van der Waals surface area (Å²) < 4.78 is 6.57. The quantitative estimate of drug-likeness (QED) is 0.639. The lowest BCUT2D eigenvalue weighted by Crippen LogP contribution is -1.84. The van der Waals surface area contributed by atoms with E-state index in [0.29, 0.717) is 24.1 Å². The lowest BCUT2D eigenvalue weighted by atomic mass is 10.2. The number of alkyl halides is 1. The van der Waals surface area contributed by atoms with Crippen molar-refractivity contribution in [2.24, 2.45) is 0 Å². The molecule has 0 unspecified atom stereocenters. The molecule has 1 heterocycles. The minimum absolute atomic E-state index is 0.494. The van der Waals surface area contributed by atoms with Gasteiger partial charge in [0.25, 0.3) is 0 Å². The molecule has 0 aliphatic heterocycles. The Kier molecular flexibility index (Phi) is 3.58. The fourth-order valence-electron chi connectivity index (χ4n) is 1.18. The van der Waals surface area contributed by atoms with Crippen LogP contribution in [0.4, 0.5) is 0 Å². The Hall–Kier alpha value is -0.620. The minimum atomic E-state index is 0.494. The van der Waals surface area contributed by atoms with E-state index in [1.807, 2.05) is 24.3 Å². The lowest BCUT2D eigenvalue weighted by molar-refractivity contribution is 0.513. The molecule has 0 radical (unpaired) electrons. The Morgan fingerprint density at radius 1 is 1.27 bits per heavy atom. The largest absolute Gasteiger partial charge is 0.421 e. The molecule has 1 aromatic carbocycles. The number of halogens is 2. The lowest BCUT2D eigenvalue weighted by Gasteiger charge is -1.96. The molecule has 15 heavy (non-hydrogen) atoms. The van der Waals surface area contributed by atoms with E-state index in [1.54, 1.807) is 0 Å². The average molecular weight is 335 g/mol. The molecular weight excluding hydrogens is 326 g/mol. The van der Waals surface area contributed by atoms with Gasteiger partial charge in [-0.2, -0.15) is 0 Å². The summed E-state index contributed by atoms with van der Waals surface area (Å²) in [5.41, 5.74) is 0.964. The van der Waals surface area contributed by atoms with Gasteiger partial charge in [0.2, 0.25) is 11.8 Å². The molecule has 1 aromatic heterocycles. The maximum absolute atomic E-state index is 5.59. The van der Waals surface area contributed by atoms with Crippen LogP contribution < -0.4 is 0 Å². The van der Waals surface area contributed by atoms with Crippen LogP contribution in [0.1, 0.15) is 5.89 Å². The molecule has 78 valence electrons. The number of hydrogen-bond acceptors (Lipinski definition) is 3. The maximum atomic E-state index is 5.59. The highest BCUT2D eigenvalue weighted by atomic mass is 127. The third-order valence-electron chi connectivity index (χ3n) is 1.88. The first-order valence-corrected chi connectivity index (χ1v) is 6.06. The van der Waals surface area contributed by atoms with E-state index in [1.165, 1.54) is 0 Å². The van der Waals surface area contributed by atoms with Crippen molar-refractivity contribution >= 4 is 34.2 Å². The van der Waals surface area contributed by atoms with Gasteiger partial charge < -0.3 is 4.42 Å². The van der Waals surface area contributed by atoms with Crippen molar-refractivity contribution in [3.63, 3.8) is 0 Å². The van der Waals surface area contributed by atoms with E-state index in [9.17, 15) is 0 Å². The van der Waals surface area contributed by atoms with E-state index < -0.39 is 0 Å². The van der Waals surface area contributed by atoms with Crippen molar-refractivity contribution in [1.29, 1.82) is 0 Å². The van der Waals surface area contributed by atoms with E-state index in [2.05, 4.69) is 32.8 Å². The normalized spacial score (nSPS) is 10.5. The predicted molar refractivity (Wildman–Crippen MR) is 66.9 cm³/mol. The van der Waals surface area contributed by atoms with Gasteiger partial charge in [-0.25, -0.2) is 0 Å². The second-order valence-electron chi connectivity index (χ2n) is 2.92. The zero-order valence-electron chi connectivity index (χ0n) is 7.78. The molecule has 0 saturated carbocycles. The summed E-state index contributed by atoms with van der Waals surface area (Å²) in [6.07, 6.45) is 0.609. The molecule has 2 aromatic rings. The zero-order chi connectivity index (χ0) is 10.7. The van der Waals surface area contributed by atoms with Crippen molar-refractivity contribution in [2.45, 2.75) is 6.42 Å². The van der Waals surface area contributed by atoms with Crippen molar-refractivity contribution in [3.05, 3.63) is 33.7 Å². The van der Waals surface area contributed by atoms with Gasteiger partial charge in [0.1, 0.15) is 0 Å². The van der Waals surface area contributed by atoms with Crippen molar-refractivity contribution in [3.8, 4) is 11.5 Å². The molecule has 0 atom stereocenters. The molecule has 0 bridgehead atoms. The fraction of sp³-hybridized carbons (Fsp3) is 0.200. The first-order valence-electron chi connectivity index (χ1n) is 4.44. The Labute approximate surface area is 106 Å². The summed E-state index contributed by atoms with van der Waals surface area (Å²) in [5, 5.41) is 7.90. The smallest absolute Gasteiger partial charge is 0.248 e. The number of nitrogens with zero attached hydrogens (tertiary/aromatic N) is 2. The first kappa shape index (κ1) is 10.9. The molecule has 0 spiro atoms. The summed E-state index contributed by atoms with van der Waals surface area (Å²) in [6, 6.07) is 7.88. The van der Waals surface area contributed by atoms with E-state index in [4.69, 9.17) is 16.0 Å². The highest BCUT2D eigenvalue weighted by Crippen LogP contribution is 2.23. The highest BCUT2D eigenvalue weighted by molar-refractivity contribution is 14.1. The standard InChI is InChI=1S/C10H8ClIN2O/c11-6-5-9-13-14-10(15-9)7-3-1-2-4-8(7)12/h1-4H,5-6H2. The number of aryl methyl sites for hydroxylation is 1. The molecule has 3 nitrogen and oxygen atoms in total. The molecule has 0 N–H and O–H groups in total. The average Bonchev–Trinajstić information content (AvgIpc) is 2.68. The molecule has 2 rings (SSSR count). The monoisotopic (exact) mass is 334 g/mol. The van der Waals surface area contributed by atoms with Crippen LogP contribution in [0, 0.1) is 3.57 Å². The van der Waals surface area contributed by atoms with Crippen molar-refractivity contribution in [1.82, 2.24) is 10.2 Å². The molecule has 5 heteroatoms. The Balaban J connectivity index is 2.33. The third-order valence-corrected chi connectivity index (χ3v) is 3.01. The van der Waals surface area contributed by atoms with E-state index in [-0.39, 0.29) is 0 Å². The number of aromatic nitrogens is 2. The summed E-state index contributed by atoms with van der Waals surface area (Å²) in [4.78, 5) is 0. The van der Waals surface area contributed by atoms with Gasteiger partial charge in [-0.3, -0.25) is 0 Å². The molecule has 0 aliphatic carbocycles. The van der Waals surface area contributed by atoms with Crippen LogP contribution in [0.3, 0.4) is 0 Å². The SMILES string of the molecule is ClCCc1nnc(-c2ccccc2I)o1. The van der Waals surface area contributed by atoms with Gasteiger partial charge in [-0.15, -0.1) is 21.8 Å². The summed E-state index contributed by atoms with van der Waals surface area (Å²) in [5.74, 6) is 1.63. The van der Waals surface area contributed by atoms with Crippen LogP contribution in [0.15, 0.2) is 28.7 Å². The maximum Gasteiger partial charge on any atom is 0.248 e. The molecule has 0 fully saturated rings. The van der Waals surface area contributed by atoms with Gasteiger partial charge >= 0.3 is 0 Å². The highest BCUT2D eigenvalue weighted by Gasteiger charge is 2.10. The van der Waals surface area contributed by atoms with E-state index >= 15 is 0 Å². The van der Waals surface area contributed by atoms with Gasteiger partial charge in [-0.05, 0) is 34.7 Å². The van der Waals surface area contributed by atoms with Gasteiger partial charge in [0.05, 0.1) is 5.56 Å². The molecule has 0 aliphatic rings.